The van der Waals surface area contributed by atoms with Gasteiger partial charge in [0.1, 0.15) is 4.88 Å². The van der Waals surface area contributed by atoms with Crippen LogP contribution < -0.4 is 4.90 Å². The fraction of sp³-hybridized carbons (Fsp3) is 0.227. The molecule has 0 atom stereocenters. The lowest BCUT2D eigenvalue weighted by molar-refractivity contribution is -0.120. The molecule has 0 N–H and O–H groups in total. The Balaban J connectivity index is 1.62. The quantitative estimate of drug-likeness (QED) is 0.621. The maximum Gasteiger partial charge on any atom is 0.350 e. The number of thiazole rings is 1. The average Bonchev–Trinajstić information content (AvgIpc) is 2.95. The van der Waals surface area contributed by atoms with Gasteiger partial charge in [-0.25, -0.2) is 9.78 Å². The number of fused-ring (bicyclic) bond motifs is 2. The first-order valence-electron chi connectivity index (χ1n) is 9.14. The van der Waals surface area contributed by atoms with Crippen LogP contribution in [0.4, 0.5) is 11.4 Å². The molecule has 0 saturated carbocycles. The lowest BCUT2D eigenvalue weighted by Gasteiger charge is -2.24. The summed E-state index contributed by atoms with van der Waals surface area (Å²) in [7, 11) is 0. The Morgan fingerprint density at radius 3 is 2.11 bits per heavy atom. The van der Waals surface area contributed by atoms with E-state index in [9.17, 15) is 9.59 Å². The first-order valence-corrected chi connectivity index (χ1v) is 9.96. The van der Waals surface area contributed by atoms with Crippen LogP contribution in [0, 0.1) is 13.8 Å². The summed E-state index contributed by atoms with van der Waals surface area (Å²) in [6.45, 7) is 3.28. The Kier molecular flexibility index (Phi) is 4.96. The third kappa shape index (κ3) is 3.43. The molecule has 6 heteroatoms. The molecule has 5 nitrogen and oxygen atoms in total. The van der Waals surface area contributed by atoms with Gasteiger partial charge in [-0.05, 0) is 49.9 Å². The topological polar surface area (TPSA) is 59.5 Å². The molecule has 2 heterocycles. The van der Waals surface area contributed by atoms with E-state index in [0.29, 0.717) is 10.6 Å². The molecule has 0 radical (unpaired) electrons. The molecule has 1 aliphatic heterocycles. The number of ether oxygens (including phenoxy) is 1. The van der Waals surface area contributed by atoms with Crippen molar-refractivity contribution in [2.24, 2.45) is 0 Å². The van der Waals surface area contributed by atoms with Gasteiger partial charge in [-0.2, -0.15) is 0 Å². The van der Waals surface area contributed by atoms with Crippen molar-refractivity contribution in [1.29, 1.82) is 0 Å². The first-order chi connectivity index (χ1) is 13.5. The number of esters is 1. The SMILES string of the molecule is Cc1nc(C)c(C(=O)OCC(=O)N2c3ccccc3CCc3ccccc32)s1. The third-order valence-corrected chi connectivity index (χ3v) is 5.85. The maximum absolute atomic E-state index is 13.1. The minimum absolute atomic E-state index is 0.269. The number of benzene rings is 2. The molecule has 0 saturated heterocycles. The van der Waals surface area contributed by atoms with E-state index in [4.69, 9.17) is 4.74 Å². The molecule has 0 unspecified atom stereocenters. The molecule has 0 spiro atoms. The Hall–Kier alpha value is -2.99. The van der Waals surface area contributed by atoms with Gasteiger partial charge < -0.3 is 4.74 Å². The summed E-state index contributed by atoms with van der Waals surface area (Å²) in [6.07, 6.45) is 1.71. The summed E-state index contributed by atoms with van der Waals surface area (Å²) in [6, 6.07) is 15.7. The second-order valence-electron chi connectivity index (χ2n) is 6.71. The number of carbonyl (C=O) groups is 2. The van der Waals surface area contributed by atoms with E-state index < -0.39 is 5.97 Å². The number of para-hydroxylation sites is 2. The van der Waals surface area contributed by atoms with Gasteiger partial charge in [-0.15, -0.1) is 11.3 Å². The van der Waals surface area contributed by atoms with Crippen molar-refractivity contribution in [1.82, 2.24) is 4.98 Å². The Morgan fingerprint density at radius 1 is 1.00 bits per heavy atom. The van der Waals surface area contributed by atoms with E-state index in [1.807, 2.05) is 55.5 Å². The van der Waals surface area contributed by atoms with Crippen LogP contribution in [0.2, 0.25) is 0 Å². The van der Waals surface area contributed by atoms with Crippen molar-refractivity contribution in [3.8, 4) is 0 Å². The molecule has 0 fully saturated rings. The van der Waals surface area contributed by atoms with Gasteiger partial charge in [0.2, 0.25) is 0 Å². The number of hydrogen-bond acceptors (Lipinski definition) is 5. The van der Waals surface area contributed by atoms with Crippen molar-refractivity contribution in [2.45, 2.75) is 26.7 Å². The number of amides is 1. The number of hydrogen-bond donors (Lipinski definition) is 0. The van der Waals surface area contributed by atoms with E-state index in [1.54, 1.807) is 11.8 Å². The molecule has 28 heavy (non-hydrogen) atoms. The van der Waals surface area contributed by atoms with E-state index in [-0.39, 0.29) is 12.5 Å². The summed E-state index contributed by atoms with van der Waals surface area (Å²) in [4.78, 5) is 31.9. The number of aromatic nitrogens is 1. The van der Waals surface area contributed by atoms with E-state index in [2.05, 4.69) is 4.98 Å². The van der Waals surface area contributed by atoms with Crippen molar-refractivity contribution in [3.05, 3.63) is 75.2 Å². The van der Waals surface area contributed by atoms with Gasteiger partial charge >= 0.3 is 5.97 Å². The molecule has 2 aromatic carbocycles. The first kappa shape index (κ1) is 18.4. The highest BCUT2D eigenvalue weighted by molar-refractivity contribution is 7.13. The van der Waals surface area contributed by atoms with Crippen molar-refractivity contribution in [2.75, 3.05) is 11.5 Å². The second kappa shape index (κ2) is 7.56. The highest BCUT2D eigenvalue weighted by Crippen LogP contribution is 2.36. The largest absolute Gasteiger partial charge is 0.451 e. The lowest BCUT2D eigenvalue weighted by atomic mass is 10.0. The fourth-order valence-electron chi connectivity index (χ4n) is 3.53. The molecule has 1 amide bonds. The number of aryl methyl sites for hydroxylation is 4. The molecule has 0 aliphatic carbocycles. The van der Waals surface area contributed by atoms with E-state index >= 15 is 0 Å². The smallest absolute Gasteiger partial charge is 0.350 e. The van der Waals surface area contributed by atoms with Crippen LogP contribution in [-0.4, -0.2) is 23.5 Å². The van der Waals surface area contributed by atoms with Crippen LogP contribution >= 0.6 is 11.3 Å². The Labute approximate surface area is 167 Å². The maximum atomic E-state index is 13.1. The molecule has 0 bridgehead atoms. The van der Waals surface area contributed by atoms with Gasteiger partial charge in [0.15, 0.2) is 6.61 Å². The summed E-state index contributed by atoms with van der Waals surface area (Å²) in [5.74, 6) is -0.776. The van der Waals surface area contributed by atoms with Crippen LogP contribution in [-0.2, 0) is 22.4 Å². The van der Waals surface area contributed by atoms with Gasteiger partial charge in [-0.3, -0.25) is 9.69 Å². The molecule has 3 aromatic rings. The van der Waals surface area contributed by atoms with Crippen molar-refractivity contribution >= 4 is 34.6 Å². The van der Waals surface area contributed by atoms with Crippen LogP contribution in [0.25, 0.3) is 0 Å². The predicted octanol–water partition coefficient (Wildman–Crippen LogP) is 4.38. The third-order valence-electron chi connectivity index (χ3n) is 4.79. The standard InChI is InChI=1S/C22H20N2O3S/c1-14-21(28-15(2)23-14)22(26)27-13-20(25)24-18-9-5-3-7-16(18)11-12-17-8-4-6-10-19(17)24/h3-10H,11-13H2,1-2H3. The monoisotopic (exact) mass is 392 g/mol. The average molecular weight is 392 g/mol. The molecular weight excluding hydrogens is 372 g/mol. The Morgan fingerprint density at radius 2 is 1.57 bits per heavy atom. The molecule has 1 aliphatic rings. The van der Waals surface area contributed by atoms with Crippen LogP contribution in [0.3, 0.4) is 0 Å². The Bertz CT molecular complexity index is 1010. The lowest BCUT2D eigenvalue weighted by Crippen LogP contribution is -2.31. The van der Waals surface area contributed by atoms with Gasteiger partial charge in [0.25, 0.3) is 5.91 Å². The number of anilines is 2. The minimum atomic E-state index is -0.507. The fourth-order valence-corrected chi connectivity index (χ4v) is 4.34. The molecule has 4 rings (SSSR count). The summed E-state index contributed by atoms with van der Waals surface area (Å²) >= 11 is 1.28. The summed E-state index contributed by atoms with van der Waals surface area (Å²) in [5, 5.41) is 0.797. The number of nitrogens with zero attached hydrogens (tertiary/aromatic N) is 2. The number of rotatable bonds is 3. The number of carbonyl (C=O) groups excluding carboxylic acids is 2. The van der Waals surface area contributed by atoms with Gasteiger partial charge in [0, 0.05) is 0 Å². The van der Waals surface area contributed by atoms with E-state index in [0.717, 1.165) is 40.4 Å². The highest BCUT2D eigenvalue weighted by Gasteiger charge is 2.27. The predicted molar refractivity (Wildman–Crippen MR) is 109 cm³/mol. The van der Waals surface area contributed by atoms with Crippen molar-refractivity contribution in [3.63, 3.8) is 0 Å². The summed E-state index contributed by atoms with van der Waals surface area (Å²) < 4.78 is 5.35. The zero-order valence-corrected chi connectivity index (χ0v) is 16.6. The second-order valence-corrected chi connectivity index (χ2v) is 7.91. The van der Waals surface area contributed by atoms with Crippen LogP contribution in [0.15, 0.2) is 48.5 Å². The van der Waals surface area contributed by atoms with Gasteiger partial charge in [0.05, 0.1) is 22.1 Å². The van der Waals surface area contributed by atoms with Gasteiger partial charge in [-0.1, -0.05) is 36.4 Å². The normalized spacial score (nSPS) is 12.7. The molecule has 142 valence electrons. The molecular formula is C22H20N2O3S. The van der Waals surface area contributed by atoms with E-state index in [1.165, 1.54) is 11.3 Å². The zero-order chi connectivity index (χ0) is 19.7. The zero-order valence-electron chi connectivity index (χ0n) is 15.8. The van der Waals surface area contributed by atoms with Crippen LogP contribution in [0.5, 0.6) is 0 Å². The van der Waals surface area contributed by atoms with Crippen molar-refractivity contribution < 1.29 is 14.3 Å². The minimum Gasteiger partial charge on any atom is -0.451 e. The molecule has 1 aromatic heterocycles. The van der Waals surface area contributed by atoms with Crippen LogP contribution in [0.1, 0.15) is 31.5 Å². The summed E-state index contributed by atoms with van der Waals surface area (Å²) in [5.41, 5.74) is 4.53. The highest BCUT2D eigenvalue weighted by atomic mass is 32.1.